The third-order valence-corrected chi connectivity index (χ3v) is 8.12. The summed E-state index contributed by atoms with van der Waals surface area (Å²) >= 11 is 0. The van der Waals surface area contributed by atoms with Gasteiger partial charge in [-0.25, -0.2) is 4.39 Å². The van der Waals surface area contributed by atoms with E-state index < -0.39 is 0 Å². The molecule has 2 heteroatoms. The van der Waals surface area contributed by atoms with Gasteiger partial charge >= 0.3 is 0 Å². The Balaban J connectivity index is 1.29. The van der Waals surface area contributed by atoms with Crippen LogP contribution in [-0.4, -0.2) is 5.78 Å². The van der Waals surface area contributed by atoms with Gasteiger partial charge in [-0.2, -0.15) is 0 Å². The summed E-state index contributed by atoms with van der Waals surface area (Å²) < 4.78 is 13.0. The molecule has 3 fully saturated rings. The average molecular weight is 407 g/mol. The Hall–Kier alpha value is -1.96. The summed E-state index contributed by atoms with van der Waals surface area (Å²) in [6, 6.07) is 14.4. The van der Waals surface area contributed by atoms with Gasteiger partial charge in [0, 0.05) is 12.0 Å². The maximum Gasteiger partial charge on any atom is 0.167 e. The van der Waals surface area contributed by atoms with Crippen LogP contribution < -0.4 is 0 Å². The fraction of sp³-hybridized carbons (Fsp3) is 0.536. The van der Waals surface area contributed by atoms with Crippen LogP contribution >= 0.6 is 0 Å². The number of hydrogen-bond donors (Lipinski definition) is 0. The second-order valence-electron chi connectivity index (χ2n) is 10.0. The lowest BCUT2D eigenvalue weighted by molar-refractivity contribution is -0.0202. The van der Waals surface area contributed by atoms with Crippen molar-refractivity contribution in [2.24, 2.45) is 10.8 Å². The zero-order valence-electron chi connectivity index (χ0n) is 18.4. The standard InChI is InChI=1S/C28H35FO/c1-2-3-13-27-15-18-28(19-16-27,20-17-27)14-12-22-4-8-24(9-5-22)26(30)21-23-6-10-25(29)11-7-23/h4-11H,2-3,12-21H2,1H3. The molecular weight excluding hydrogens is 371 g/mol. The Morgan fingerprint density at radius 1 is 0.800 bits per heavy atom. The Labute approximate surface area is 181 Å². The van der Waals surface area contributed by atoms with Crippen LogP contribution in [0.15, 0.2) is 48.5 Å². The van der Waals surface area contributed by atoms with E-state index in [4.69, 9.17) is 0 Å². The number of halogens is 1. The molecule has 0 amide bonds. The molecule has 2 aromatic carbocycles. The normalized spacial score (nSPS) is 25.4. The SMILES string of the molecule is CCCCC12CCC(CCc3ccc(C(=O)Cc4ccc(F)cc4)cc3)(CC1)CC2. The van der Waals surface area contributed by atoms with Crippen LogP contribution in [0, 0.1) is 16.6 Å². The molecule has 1 nitrogen and oxygen atoms in total. The molecule has 30 heavy (non-hydrogen) atoms. The molecule has 0 saturated heterocycles. The van der Waals surface area contributed by atoms with Crippen molar-refractivity contribution in [2.75, 3.05) is 0 Å². The van der Waals surface area contributed by atoms with Gasteiger partial charge in [0.2, 0.25) is 0 Å². The van der Waals surface area contributed by atoms with E-state index in [9.17, 15) is 9.18 Å². The number of unbranched alkanes of at least 4 members (excludes halogenated alkanes) is 1. The minimum atomic E-state index is -0.266. The first kappa shape index (κ1) is 21.3. The Bertz CT molecular complexity index is 825. The minimum Gasteiger partial charge on any atom is -0.294 e. The molecule has 0 radical (unpaired) electrons. The molecule has 160 valence electrons. The number of carbonyl (C=O) groups is 1. The van der Waals surface area contributed by atoms with E-state index in [1.54, 1.807) is 12.1 Å². The number of rotatable bonds is 9. The topological polar surface area (TPSA) is 17.1 Å². The predicted octanol–water partition coefficient (Wildman–Crippen LogP) is 7.71. The van der Waals surface area contributed by atoms with Crippen molar-refractivity contribution >= 4 is 5.78 Å². The molecule has 0 aliphatic heterocycles. The summed E-state index contributed by atoms with van der Waals surface area (Å²) in [5.41, 5.74) is 4.21. The van der Waals surface area contributed by atoms with Crippen molar-refractivity contribution in [3.05, 3.63) is 71.0 Å². The van der Waals surface area contributed by atoms with Gasteiger partial charge < -0.3 is 0 Å². The summed E-state index contributed by atoms with van der Waals surface area (Å²) in [6.07, 6.45) is 15.5. The third kappa shape index (κ3) is 4.85. The number of fused-ring (bicyclic) bond motifs is 3. The first-order chi connectivity index (χ1) is 14.5. The van der Waals surface area contributed by atoms with Gasteiger partial charge in [-0.3, -0.25) is 4.79 Å². The minimum absolute atomic E-state index is 0.0923. The summed E-state index contributed by atoms with van der Waals surface area (Å²) in [6.45, 7) is 2.31. The molecule has 0 aromatic heterocycles. The lowest BCUT2D eigenvalue weighted by atomic mass is 9.51. The molecular formula is C28H35FO. The van der Waals surface area contributed by atoms with Crippen LogP contribution in [0.3, 0.4) is 0 Å². The van der Waals surface area contributed by atoms with Gasteiger partial charge in [0.25, 0.3) is 0 Å². The maximum atomic E-state index is 13.0. The second-order valence-corrected chi connectivity index (χ2v) is 10.0. The lowest BCUT2D eigenvalue weighted by Gasteiger charge is -2.54. The van der Waals surface area contributed by atoms with Gasteiger partial charge in [0.05, 0.1) is 0 Å². The lowest BCUT2D eigenvalue weighted by Crippen LogP contribution is -2.41. The van der Waals surface area contributed by atoms with Crippen molar-refractivity contribution in [3.8, 4) is 0 Å². The molecule has 2 bridgehead atoms. The van der Waals surface area contributed by atoms with Gasteiger partial charge in [-0.1, -0.05) is 56.2 Å². The molecule has 0 unspecified atom stereocenters. The molecule has 3 saturated carbocycles. The van der Waals surface area contributed by atoms with Crippen LogP contribution in [0.5, 0.6) is 0 Å². The summed E-state index contributed by atoms with van der Waals surface area (Å²) in [5.74, 6) is -0.174. The third-order valence-electron chi connectivity index (χ3n) is 8.12. The molecule has 0 spiro atoms. The maximum absolute atomic E-state index is 13.0. The van der Waals surface area contributed by atoms with E-state index >= 15 is 0 Å². The van der Waals surface area contributed by atoms with Crippen LogP contribution in [0.1, 0.15) is 92.6 Å². The first-order valence-electron chi connectivity index (χ1n) is 11.9. The van der Waals surface area contributed by atoms with Crippen molar-refractivity contribution in [3.63, 3.8) is 0 Å². The van der Waals surface area contributed by atoms with Crippen molar-refractivity contribution in [2.45, 2.75) is 84.0 Å². The average Bonchev–Trinajstić information content (AvgIpc) is 2.80. The van der Waals surface area contributed by atoms with E-state index in [-0.39, 0.29) is 11.6 Å². The number of benzene rings is 2. The van der Waals surface area contributed by atoms with Crippen LogP contribution in [0.25, 0.3) is 0 Å². The van der Waals surface area contributed by atoms with Crippen LogP contribution in [0.4, 0.5) is 4.39 Å². The number of hydrogen-bond acceptors (Lipinski definition) is 1. The number of carbonyl (C=O) groups excluding carboxylic acids is 1. The largest absolute Gasteiger partial charge is 0.294 e. The smallest absolute Gasteiger partial charge is 0.167 e. The molecule has 3 aliphatic rings. The summed E-state index contributed by atoms with van der Waals surface area (Å²) in [4.78, 5) is 12.5. The van der Waals surface area contributed by atoms with Crippen molar-refractivity contribution < 1.29 is 9.18 Å². The molecule has 0 heterocycles. The summed E-state index contributed by atoms with van der Waals surface area (Å²) in [7, 11) is 0. The van der Waals surface area contributed by atoms with Crippen molar-refractivity contribution in [1.82, 2.24) is 0 Å². The van der Waals surface area contributed by atoms with E-state index in [1.165, 1.54) is 81.9 Å². The zero-order chi connectivity index (χ0) is 21.0. The van der Waals surface area contributed by atoms with Gasteiger partial charge in [-0.15, -0.1) is 0 Å². The Morgan fingerprint density at radius 3 is 1.90 bits per heavy atom. The van der Waals surface area contributed by atoms with Gasteiger partial charge in [-0.05, 0) is 91.9 Å². The van der Waals surface area contributed by atoms with Gasteiger partial charge in [0.15, 0.2) is 5.78 Å². The predicted molar refractivity (Wildman–Crippen MR) is 121 cm³/mol. The number of ketones is 1. The highest BCUT2D eigenvalue weighted by Crippen LogP contribution is 2.60. The molecule has 0 N–H and O–H groups in total. The number of aryl methyl sites for hydroxylation is 1. The fourth-order valence-electron chi connectivity index (χ4n) is 5.80. The Kier molecular flexibility index (Phi) is 6.41. The highest BCUT2D eigenvalue weighted by molar-refractivity contribution is 5.97. The van der Waals surface area contributed by atoms with E-state index in [2.05, 4.69) is 19.1 Å². The van der Waals surface area contributed by atoms with Crippen LogP contribution in [-0.2, 0) is 12.8 Å². The summed E-state index contributed by atoms with van der Waals surface area (Å²) in [5, 5.41) is 0. The quantitative estimate of drug-likeness (QED) is 0.390. The molecule has 3 aliphatic carbocycles. The highest BCUT2D eigenvalue weighted by atomic mass is 19.1. The Morgan fingerprint density at radius 2 is 1.33 bits per heavy atom. The molecule has 2 aromatic rings. The molecule has 0 atom stereocenters. The van der Waals surface area contributed by atoms with E-state index in [1.807, 2.05) is 12.1 Å². The monoisotopic (exact) mass is 406 g/mol. The zero-order valence-corrected chi connectivity index (χ0v) is 18.4. The second kappa shape index (κ2) is 9.04. The van der Waals surface area contributed by atoms with Gasteiger partial charge in [0.1, 0.15) is 5.82 Å². The fourth-order valence-corrected chi connectivity index (χ4v) is 5.80. The van der Waals surface area contributed by atoms with Crippen molar-refractivity contribution in [1.29, 1.82) is 0 Å². The highest BCUT2D eigenvalue weighted by Gasteiger charge is 2.47. The van der Waals surface area contributed by atoms with Crippen LogP contribution in [0.2, 0.25) is 0 Å². The molecule has 5 rings (SSSR count). The first-order valence-corrected chi connectivity index (χ1v) is 11.9. The van der Waals surface area contributed by atoms with E-state index in [0.717, 1.165) is 17.5 Å². The van der Waals surface area contributed by atoms with E-state index in [0.29, 0.717) is 17.3 Å². The number of Topliss-reactive ketones (excluding diaryl/α,β-unsaturated/α-hetero) is 1.